The number of sulfonamides is 1. The maximum absolute atomic E-state index is 12.0. The van der Waals surface area contributed by atoms with Crippen molar-refractivity contribution in [1.82, 2.24) is 0 Å². The van der Waals surface area contributed by atoms with Crippen LogP contribution in [0, 0.1) is 0 Å². The molecule has 0 bridgehead atoms. The second-order valence-corrected chi connectivity index (χ2v) is 5.30. The Morgan fingerprint density at radius 2 is 1.82 bits per heavy atom. The van der Waals surface area contributed by atoms with E-state index in [9.17, 15) is 21.6 Å². The summed E-state index contributed by atoms with van der Waals surface area (Å²) in [6, 6.07) is 1.56. The Balaban J connectivity index is 3.29. The second kappa shape index (κ2) is 4.35. The number of primary sulfonamides is 1. The summed E-state index contributed by atoms with van der Waals surface area (Å²) in [4.78, 5) is -0.426. The molecule has 0 atom stereocenters. The molecule has 10 heteroatoms. The van der Waals surface area contributed by atoms with Gasteiger partial charge >= 0.3 is 6.36 Å². The zero-order valence-electron chi connectivity index (χ0n) is 7.95. The van der Waals surface area contributed by atoms with Crippen LogP contribution in [-0.4, -0.2) is 14.8 Å². The Morgan fingerprint density at radius 3 is 2.24 bits per heavy atom. The standard InChI is InChI=1S/C7H6BrF3N2O3S/c8-3-1-5(16-7(9,10)11)4(12)2-6(3)17(13,14)15/h1-2H,12H2,(H2,13,14,15). The van der Waals surface area contributed by atoms with Crippen molar-refractivity contribution in [3.05, 3.63) is 16.6 Å². The highest BCUT2D eigenvalue weighted by atomic mass is 79.9. The zero-order chi connectivity index (χ0) is 13.4. The molecule has 1 aromatic carbocycles. The van der Waals surface area contributed by atoms with Crippen molar-refractivity contribution in [1.29, 1.82) is 0 Å². The number of nitrogen functional groups attached to an aromatic ring is 1. The minimum absolute atomic E-state index is 0.173. The van der Waals surface area contributed by atoms with Crippen molar-refractivity contribution in [2.45, 2.75) is 11.3 Å². The lowest BCUT2D eigenvalue weighted by Crippen LogP contribution is -2.19. The van der Waals surface area contributed by atoms with Crippen LogP contribution < -0.4 is 15.6 Å². The minimum atomic E-state index is -4.92. The fourth-order valence-corrected chi connectivity index (χ4v) is 2.60. The first-order valence-electron chi connectivity index (χ1n) is 3.88. The molecule has 0 aromatic heterocycles. The van der Waals surface area contributed by atoms with Crippen molar-refractivity contribution < 1.29 is 26.3 Å². The van der Waals surface area contributed by atoms with Crippen LogP contribution >= 0.6 is 15.9 Å². The van der Waals surface area contributed by atoms with Gasteiger partial charge in [0.2, 0.25) is 10.0 Å². The summed E-state index contributed by atoms with van der Waals surface area (Å²) in [5.41, 5.74) is 4.74. The largest absolute Gasteiger partial charge is 0.573 e. The molecule has 0 aliphatic heterocycles. The summed E-state index contributed by atoms with van der Waals surface area (Å²) in [7, 11) is -4.08. The first kappa shape index (κ1) is 14.1. The smallest absolute Gasteiger partial charge is 0.404 e. The number of hydrogen-bond donors (Lipinski definition) is 2. The van der Waals surface area contributed by atoms with E-state index in [2.05, 4.69) is 20.7 Å². The number of rotatable bonds is 2. The molecule has 17 heavy (non-hydrogen) atoms. The topological polar surface area (TPSA) is 95.4 Å². The molecule has 96 valence electrons. The third kappa shape index (κ3) is 3.75. The summed E-state index contributed by atoms with van der Waals surface area (Å²) in [5.74, 6) is -0.711. The first-order chi connectivity index (χ1) is 7.50. The number of nitrogens with two attached hydrogens (primary N) is 2. The average Bonchev–Trinajstić information content (AvgIpc) is 2.06. The number of benzene rings is 1. The predicted octanol–water partition coefficient (Wildman–Crippen LogP) is 1.58. The van der Waals surface area contributed by atoms with Gasteiger partial charge in [-0.15, -0.1) is 13.2 Å². The Hall–Kier alpha value is -1.00. The van der Waals surface area contributed by atoms with Crippen molar-refractivity contribution in [2.75, 3.05) is 5.73 Å². The van der Waals surface area contributed by atoms with E-state index in [1.807, 2.05) is 0 Å². The molecular formula is C7H6BrF3N2O3S. The summed E-state index contributed by atoms with van der Waals surface area (Å²) >= 11 is 2.76. The Kier molecular flexibility index (Phi) is 3.60. The molecule has 0 saturated carbocycles. The van der Waals surface area contributed by atoms with Gasteiger partial charge in [0, 0.05) is 4.47 Å². The molecule has 4 N–H and O–H groups in total. The van der Waals surface area contributed by atoms with E-state index in [1.54, 1.807) is 0 Å². The fourth-order valence-electron chi connectivity index (χ4n) is 0.982. The van der Waals surface area contributed by atoms with Gasteiger partial charge in [-0.25, -0.2) is 13.6 Å². The second-order valence-electron chi connectivity index (χ2n) is 2.91. The third-order valence-corrected chi connectivity index (χ3v) is 3.47. The van der Waals surface area contributed by atoms with Crippen molar-refractivity contribution >= 4 is 31.6 Å². The molecular weight excluding hydrogens is 329 g/mol. The zero-order valence-corrected chi connectivity index (χ0v) is 10.4. The highest BCUT2D eigenvalue weighted by molar-refractivity contribution is 9.10. The summed E-state index contributed by atoms with van der Waals surface area (Å²) in [6.45, 7) is 0. The molecule has 0 fully saturated rings. The predicted molar refractivity (Wildman–Crippen MR) is 56.6 cm³/mol. The molecule has 0 aliphatic carbocycles. The summed E-state index contributed by atoms with van der Waals surface area (Å²) in [6.07, 6.45) is -4.92. The third-order valence-electron chi connectivity index (χ3n) is 1.60. The van der Waals surface area contributed by atoms with Gasteiger partial charge in [-0.05, 0) is 28.1 Å². The number of anilines is 1. The maximum Gasteiger partial charge on any atom is 0.573 e. The monoisotopic (exact) mass is 334 g/mol. The molecule has 0 spiro atoms. The number of ether oxygens (including phenoxy) is 1. The van der Waals surface area contributed by atoms with E-state index < -0.39 is 32.7 Å². The minimum Gasteiger partial charge on any atom is -0.404 e. The highest BCUT2D eigenvalue weighted by Crippen LogP contribution is 2.34. The van der Waals surface area contributed by atoms with Crippen molar-refractivity contribution in [3.8, 4) is 5.75 Å². The van der Waals surface area contributed by atoms with E-state index in [0.29, 0.717) is 0 Å². The molecule has 1 rings (SSSR count). The van der Waals surface area contributed by atoms with E-state index in [-0.39, 0.29) is 4.47 Å². The quantitative estimate of drug-likeness (QED) is 0.802. The van der Waals surface area contributed by atoms with Crippen LogP contribution in [0.5, 0.6) is 5.75 Å². The fraction of sp³-hybridized carbons (Fsp3) is 0.143. The SMILES string of the molecule is Nc1cc(S(N)(=O)=O)c(Br)cc1OC(F)(F)F. The van der Waals surface area contributed by atoms with E-state index >= 15 is 0 Å². The van der Waals surface area contributed by atoms with Gasteiger partial charge < -0.3 is 10.5 Å². The van der Waals surface area contributed by atoms with Gasteiger partial charge in [0.25, 0.3) is 0 Å². The van der Waals surface area contributed by atoms with Crippen LogP contribution in [0.25, 0.3) is 0 Å². The summed E-state index contributed by atoms with van der Waals surface area (Å²) in [5, 5.41) is 4.83. The highest BCUT2D eigenvalue weighted by Gasteiger charge is 2.32. The normalized spacial score (nSPS) is 12.5. The molecule has 0 radical (unpaired) electrons. The molecule has 5 nitrogen and oxygen atoms in total. The van der Waals surface area contributed by atoms with Gasteiger partial charge in [0.1, 0.15) is 0 Å². The van der Waals surface area contributed by atoms with Gasteiger partial charge in [0.15, 0.2) is 5.75 Å². The van der Waals surface area contributed by atoms with Crippen LogP contribution in [-0.2, 0) is 10.0 Å². The summed E-state index contributed by atoms with van der Waals surface area (Å²) < 4.78 is 61.3. The van der Waals surface area contributed by atoms with Gasteiger partial charge in [0.05, 0.1) is 10.6 Å². The van der Waals surface area contributed by atoms with Crippen LogP contribution in [0.2, 0.25) is 0 Å². The van der Waals surface area contributed by atoms with Gasteiger partial charge in [-0.1, -0.05) is 0 Å². The molecule has 1 aromatic rings. The number of alkyl halides is 3. The molecule has 0 unspecified atom stereocenters. The van der Waals surface area contributed by atoms with Crippen molar-refractivity contribution in [2.24, 2.45) is 5.14 Å². The van der Waals surface area contributed by atoms with Crippen LogP contribution in [0.3, 0.4) is 0 Å². The van der Waals surface area contributed by atoms with Crippen LogP contribution in [0.4, 0.5) is 18.9 Å². The van der Waals surface area contributed by atoms with Crippen LogP contribution in [0.15, 0.2) is 21.5 Å². The van der Waals surface area contributed by atoms with E-state index in [1.165, 1.54) is 0 Å². The molecule has 0 amide bonds. The van der Waals surface area contributed by atoms with Gasteiger partial charge in [-0.2, -0.15) is 0 Å². The van der Waals surface area contributed by atoms with Crippen molar-refractivity contribution in [3.63, 3.8) is 0 Å². The Labute approximate surface area is 103 Å². The van der Waals surface area contributed by atoms with Gasteiger partial charge in [-0.3, -0.25) is 0 Å². The number of halogens is 4. The maximum atomic E-state index is 12.0. The molecule has 0 aliphatic rings. The number of hydrogen-bond acceptors (Lipinski definition) is 4. The lowest BCUT2D eigenvalue weighted by Gasteiger charge is -2.12. The first-order valence-corrected chi connectivity index (χ1v) is 6.22. The van der Waals surface area contributed by atoms with E-state index in [4.69, 9.17) is 10.9 Å². The average molecular weight is 335 g/mol. The lowest BCUT2D eigenvalue weighted by molar-refractivity contribution is -0.274. The molecule has 0 heterocycles. The lowest BCUT2D eigenvalue weighted by atomic mass is 10.3. The Bertz CT molecular complexity index is 544. The molecule has 0 saturated heterocycles. The van der Waals surface area contributed by atoms with E-state index in [0.717, 1.165) is 12.1 Å². The Morgan fingerprint density at radius 1 is 1.29 bits per heavy atom. The van der Waals surface area contributed by atoms with Crippen LogP contribution in [0.1, 0.15) is 0 Å².